The maximum atomic E-state index is 13.6. The number of aromatic hydroxyl groups is 1. The van der Waals surface area contributed by atoms with Crippen LogP contribution < -0.4 is 11.4 Å². The average molecular weight is 467 g/mol. The van der Waals surface area contributed by atoms with Gasteiger partial charge in [-0.1, -0.05) is 36.4 Å². The minimum Gasteiger partial charge on any atom is -0.508 e. The largest absolute Gasteiger partial charge is 0.508 e. The molecule has 0 saturated heterocycles. The Morgan fingerprint density at radius 3 is 2.46 bits per heavy atom. The van der Waals surface area contributed by atoms with E-state index in [1.807, 2.05) is 6.08 Å². The lowest BCUT2D eigenvalue weighted by Gasteiger charge is -2.39. The van der Waals surface area contributed by atoms with Crippen LogP contribution in [0.2, 0.25) is 0 Å². The van der Waals surface area contributed by atoms with Crippen LogP contribution >= 0.6 is 0 Å². The van der Waals surface area contributed by atoms with Gasteiger partial charge in [-0.3, -0.25) is 9.59 Å². The number of benzene rings is 2. The molecule has 0 unspecified atom stereocenters. The Morgan fingerprint density at radius 2 is 1.71 bits per heavy atom. The van der Waals surface area contributed by atoms with Crippen molar-refractivity contribution in [3.63, 3.8) is 0 Å². The lowest BCUT2D eigenvalue weighted by atomic mass is 9.68. The molecule has 0 spiro atoms. The number of allylic oxidation sites excluding steroid dienone is 6. The van der Waals surface area contributed by atoms with Crippen LogP contribution in [0.25, 0.3) is 5.69 Å². The minimum atomic E-state index is -0.623. The van der Waals surface area contributed by atoms with E-state index in [9.17, 15) is 24.3 Å². The summed E-state index contributed by atoms with van der Waals surface area (Å²) in [4.78, 5) is 53.3. The van der Waals surface area contributed by atoms with E-state index in [1.54, 1.807) is 55.5 Å². The van der Waals surface area contributed by atoms with Crippen LogP contribution in [0.1, 0.15) is 30.9 Å². The number of ketones is 2. The first-order chi connectivity index (χ1) is 16.9. The molecule has 1 aliphatic heterocycles. The van der Waals surface area contributed by atoms with Gasteiger partial charge in [0.15, 0.2) is 11.6 Å². The number of carbonyl (C=O) groups is 2. The first-order valence-electron chi connectivity index (χ1n) is 11.4. The zero-order valence-electron chi connectivity index (χ0n) is 18.8. The summed E-state index contributed by atoms with van der Waals surface area (Å²) in [5.74, 6) is -1.07. The normalized spacial score (nSPS) is 21.2. The van der Waals surface area contributed by atoms with Crippen molar-refractivity contribution in [2.24, 2.45) is 0 Å². The van der Waals surface area contributed by atoms with E-state index in [1.165, 1.54) is 21.5 Å². The predicted octanol–water partition coefficient (Wildman–Crippen LogP) is 2.57. The molecule has 0 saturated carbocycles. The van der Waals surface area contributed by atoms with Crippen LogP contribution in [-0.2, 0) is 16.1 Å². The van der Waals surface area contributed by atoms with E-state index in [2.05, 4.69) is 0 Å². The Labute approximate surface area is 199 Å². The zero-order valence-corrected chi connectivity index (χ0v) is 18.8. The van der Waals surface area contributed by atoms with Crippen LogP contribution in [0, 0.1) is 0 Å². The first kappa shape index (κ1) is 21.1. The lowest BCUT2D eigenvalue weighted by molar-refractivity contribution is -0.116. The minimum absolute atomic E-state index is 0.0359. The maximum Gasteiger partial charge on any atom is 0.352 e. The van der Waals surface area contributed by atoms with E-state index < -0.39 is 23.3 Å². The summed E-state index contributed by atoms with van der Waals surface area (Å²) in [6.45, 7) is 1.75. The molecule has 6 rings (SSSR count). The number of hydrogen-bond acceptors (Lipinski definition) is 5. The predicted molar refractivity (Wildman–Crippen MR) is 128 cm³/mol. The molecule has 3 aliphatic rings. The van der Waals surface area contributed by atoms with Gasteiger partial charge >= 0.3 is 11.4 Å². The maximum absolute atomic E-state index is 13.6. The molecule has 1 N–H and O–H groups in total. The van der Waals surface area contributed by atoms with E-state index in [4.69, 9.17) is 0 Å². The molecular formula is C27H21N3O5. The number of Topliss-reactive ketones (excluding diaryl/α,β-unsaturated/α-hetero) is 1. The SMILES string of the molecule is CC1=CC(=O)C2=C(C[C@@H]3C(=CCn4c(=O)n(-c5ccccc5)c(=O)n43)[C@@H]2c2cccc(O)c2)C1=O. The highest BCUT2D eigenvalue weighted by atomic mass is 16.3. The second-order valence-electron chi connectivity index (χ2n) is 9.03. The van der Waals surface area contributed by atoms with Crippen molar-refractivity contribution in [2.45, 2.75) is 31.8 Å². The second kappa shape index (κ2) is 7.53. The van der Waals surface area contributed by atoms with Gasteiger partial charge in [0.1, 0.15) is 5.75 Å². The van der Waals surface area contributed by atoms with Crippen molar-refractivity contribution in [2.75, 3.05) is 0 Å². The third-order valence-corrected chi connectivity index (χ3v) is 7.05. The molecule has 3 aromatic rings. The van der Waals surface area contributed by atoms with Crippen LogP contribution in [-0.4, -0.2) is 30.6 Å². The van der Waals surface area contributed by atoms with Crippen molar-refractivity contribution >= 4 is 11.6 Å². The molecule has 0 fully saturated rings. The number of carbonyl (C=O) groups excluding carboxylic acids is 2. The summed E-state index contributed by atoms with van der Waals surface area (Å²) in [6, 6.07) is 14.7. The number of fused-ring (bicyclic) bond motifs is 3. The molecule has 8 heteroatoms. The fraction of sp³-hybridized carbons (Fsp3) is 0.185. The number of phenols is 1. The van der Waals surface area contributed by atoms with Gasteiger partial charge in [-0.15, -0.1) is 0 Å². The van der Waals surface area contributed by atoms with Gasteiger partial charge in [-0.2, -0.15) is 0 Å². The van der Waals surface area contributed by atoms with Crippen LogP contribution in [0.4, 0.5) is 0 Å². The summed E-state index contributed by atoms with van der Waals surface area (Å²) >= 11 is 0. The molecule has 2 atom stereocenters. The van der Waals surface area contributed by atoms with Gasteiger partial charge in [-0.05, 0) is 48.4 Å². The Morgan fingerprint density at radius 1 is 0.943 bits per heavy atom. The number of aromatic nitrogens is 3. The van der Waals surface area contributed by atoms with E-state index in [-0.39, 0.29) is 30.3 Å². The quantitative estimate of drug-likeness (QED) is 0.461. The Hall–Kier alpha value is -4.46. The molecule has 0 radical (unpaired) electrons. The molecule has 1 aromatic heterocycles. The standard InChI is InChI=1S/C27H21N3O5/c1-15-12-22(32)24-20(25(15)33)14-21-19(23(24)16-6-5-9-18(31)13-16)10-11-28-26(34)29(27(35)30(21)28)17-7-3-2-4-8-17/h2-10,12-13,21,23,31H,11,14H2,1H3/t21-,23+/m1/s1. The van der Waals surface area contributed by atoms with Crippen molar-refractivity contribution in [3.8, 4) is 11.4 Å². The van der Waals surface area contributed by atoms with Crippen LogP contribution in [0.5, 0.6) is 5.75 Å². The van der Waals surface area contributed by atoms with Crippen molar-refractivity contribution in [1.29, 1.82) is 0 Å². The van der Waals surface area contributed by atoms with Crippen molar-refractivity contribution in [1.82, 2.24) is 13.9 Å². The van der Waals surface area contributed by atoms with E-state index in [0.29, 0.717) is 28.0 Å². The average Bonchev–Trinajstić information content (AvgIpc) is 3.11. The number of hydrogen-bond donors (Lipinski definition) is 1. The number of rotatable bonds is 2. The van der Waals surface area contributed by atoms with E-state index in [0.717, 1.165) is 10.1 Å². The Balaban J connectivity index is 1.60. The molecule has 174 valence electrons. The van der Waals surface area contributed by atoms with Gasteiger partial charge in [-0.25, -0.2) is 23.5 Å². The van der Waals surface area contributed by atoms with Gasteiger partial charge in [0.25, 0.3) is 0 Å². The molecule has 8 nitrogen and oxygen atoms in total. The number of para-hydroxylation sites is 1. The lowest BCUT2D eigenvalue weighted by Crippen LogP contribution is -2.40. The van der Waals surface area contributed by atoms with Gasteiger partial charge in [0.05, 0.1) is 18.3 Å². The van der Waals surface area contributed by atoms with Gasteiger partial charge in [0.2, 0.25) is 0 Å². The third kappa shape index (κ3) is 2.99. The summed E-state index contributed by atoms with van der Waals surface area (Å²) < 4.78 is 3.92. The summed E-state index contributed by atoms with van der Waals surface area (Å²) in [5, 5.41) is 10.2. The third-order valence-electron chi connectivity index (χ3n) is 7.05. The summed E-state index contributed by atoms with van der Waals surface area (Å²) in [7, 11) is 0. The van der Waals surface area contributed by atoms with Crippen molar-refractivity contribution < 1.29 is 14.7 Å². The topological polar surface area (TPSA) is 103 Å². The van der Waals surface area contributed by atoms with Crippen LogP contribution in [0.15, 0.2) is 98.6 Å². The van der Waals surface area contributed by atoms with Gasteiger partial charge < -0.3 is 5.11 Å². The fourth-order valence-electron chi connectivity index (χ4n) is 5.54. The molecule has 0 amide bonds. The number of phenolic OH excluding ortho intramolecular Hbond substituents is 1. The monoisotopic (exact) mass is 467 g/mol. The highest BCUT2D eigenvalue weighted by Crippen LogP contribution is 2.49. The molecule has 2 aromatic carbocycles. The zero-order chi connectivity index (χ0) is 24.4. The highest BCUT2D eigenvalue weighted by Gasteiger charge is 2.44. The Kier molecular flexibility index (Phi) is 4.54. The van der Waals surface area contributed by atoms with E-state index >= 15 is 0 Å². The fourth-order valence-corrected chi connectivity index (χ4v) is 5.54. The Bertz CT molecular complexity index is 1650. The summed E-state index contributed by atoms with van der Waals surface area (Å²) in [6.07, 6.45) is 3.35. The molecule has 2 heterocycles. The first-order valence-corrected chi connectivity index (χ1v) is 11.4. The second-order valence-corrected chi connectivity index (χ2v) is 9.03. The van der Waals surface area contributed by atoms with Gasteiger partial charge in [0, 0.05) is 29.1 Å². The number of nitrogens with zero attached hydrogens (tertiary/aromatic N) is 3. The highest BCUT2D eigenvalue weighted by molar-refractivity contribution is 6.23. The molecule has 35 heavy (non-hydrogen) atoms. The molecule has 0 bridgehead atoms. The van der Waals surface area contributed by atoms with Crippen molar-refractivity contribution in [3.05, 3.63) is 116 Å². The smallest absolute Gasteiger partial charge is 0.352 e. The molecular weight excluding hydrogens is 446 g/mol. The summed E-state index contributed by atoms with van der Waals surface area (Å²) in [5.41, 5.74) is 1.97. The molecule has 2 aliphatic carbocycles. The van der Waals surface area contributed by atoms with Crippen LogP contribution in [0.3, 0.4) is 0 Å².